The van der Waals surface area contributed by atoms with E-state index < -0.39 is 0 Å². The fraction of sp³-hybridized carbons (Fsp3) is 0.500. The summed E-state index contributed by atoms with van der Waals surface area (Å²) < 4.78 is 0. The summed E-state index contributed by atoms with van der Waals surface area (Å²) in [5.41, 5.74) is 3.32. The molecule has 3 N–H and O–H groups in total. The second-order valence-corrected chi connectivity index (χ2v) is 5.10. The molecular formula is C14H20N4. The van der Waals surface area contributed by atoms with E-state index in [1.165, 1.54) is 19.3 Å². The van der Waals surface area contributed by atoms with Gasteiger partial charge in [-0.2, -0.15) is 0 Å². The average molecular weight is 244 g/mol. The smallest absolute Gasteiger partial charge is 0.110 e. The minimum absolute atomic E-state index is 0.577. The number of aromatic nitrogens is 2. The third kappa shape index (κ3) is 1.97. The van der Waals surface area contributed by atoms with Gasteiger partial charge in [0.2, 0.25) is 0 Å². The van der Waals surface area contributed by atoms with Crippen molar-refractivity contribution in [3.63, 3.8) is 0 Å². The van der Waals surface area contributed by atoms with Crippen LogP contribution in [0.5, 0.6) is 0 Å². The Labute approximate surface area is 107 Å². The van der Waals surface area contributed by atoms with Gasteiger partial charge < -0.3 is 15.6 Å². The third-order valence-electron chi connectivity index (χ3n) is 4.02. The number of benzene rings is 1. The predicted molar refractivity (Wildman–Crippen MR) is 75.1 cm³/mol. The molecule has 1 saturated carbocycles. The lowest BCUT2D eigenvalue weighted by atomic mass is 10.1. The predicted octanol–water partition coefficient (Wildman–Crippen LogP) is 2.46. The molecule has 1 heterocycles. The monoisotopic (exact) mass is 244 g/mol. The minimum Gasteiger partial charge on any atom is -0.388 e. The van der Waals surface area contributed by atoms with Crippen LogP contribution in [0.3, 0.4) is 0 Å². The van der Waals surface area contributed by atoms with Gasteiger partial charge in [0.25, 0.3) is 0 Å². The molecule has 2 atom stereocenters. The molecule has 4 nitrogen and oxygen atoms in total. The van der Waals surface area contributed by atoms with Gasteiger partial charge >= 0.3 is 0 Å². The van der Waals surface area contributed by atoms with Gasteiger partial charge in [-0.1, -0.05) is 0 Å². The van der Waals surface area contributed by atoms with Gasteiger partial charge in [-0.15, -0.1) is 0 Å². The van der Waals surface area contributed by atoms with Gasteiger partial charge in [0, 0.05) is 24.7 Å². The number of aromatic amines is 1. The summed E-state index contributed by atoms with van der Waals surface area (Å²) in [6.45, 7) is 0. The van der Waals surface area contributed by atoms with Crippen molar-refractivity contribution in [3.05, 3.63) is 24.0 Å². The highest BCUT2D eigenvalue weighted by Crippen LogP contribution is 2.33. The van der Waals surface area contributed by atoms with Crippen molar-refractivity contribution in [2.24, 2.45) is 0 Å². The highest BCUT2D eigenvalue weighted by atomic mass is 14.9. The maximum Gasteiger partial charge on any atom is 0.110 e. The van der Waals surface area contributed by atoms with Crippen LogP contribution in [0.4, 0.5) is 5.69 Å². The number of imidazole rings is 1. The Morgan fingerprint density at radius 2 is 2.17 bits per heavy atom. The Hall–Kier alpha value is -1.55. The van der Waals surface area contributed by atoms with Gasteiger partial charge in [-0.3, -0.25) is 0 Å². The number of rotatable bonds is 3. The van der Waals surface area contributed by atoms with Crippen LogP contribution >= 0.6 is 0 Å². The fourth-order valence-electron chi connectivity index (χ4n) is 2.87. The summed E-state index contributed by atoms with van der Waals surface area (Å²) in [4.78, 5) is 8.21. The third-order valence-corrected chi connectivity index (χ3v) is 4.02. The van der Waals surface area contributed by atoms with Crippen LogP contribution in [0.1, 0.15) is 31.0 Å². The molecule has 1 aromatic carbocycles. The molecule has 1 fully saturated rings. The number of hydrogen-bond acceptors (Lipinski definition) is 3. The lowest BCUT2D eigenvalue weighted by Crippen LogP contribution is -2.21. The minimum atomic E-state index is 0.577. The SMILES string of the molecule is CNc1ccc2nc(C3CCC(NC)C3)[nH]c2c1. The topological polar surface area (TPSA) is 52.7 Å². The first-order valence-electron chi connectivity index (χ1n) is 6.65. The molecular weight excluding hydrogens is 224 g/mol. The quantitative estimate of drug-likeness (QED) is 0.777. The zero-order valence-electron chi connectivity index (χ0n) is 11.0. The highest BCUT2D eigenvalue weighted by molar-refractivity contribution is 5.79. The van der Waals surface area contributed by atoms with E-state index >= 15 is 0 Å². The number of H-pyrrole nitrogens is 1. The Balaban J connectivity index is 1.89. The maximum absolute atomic E-state index is 4.73. The van der Waals surface area contributed by atoms with E-state index in [9.17, 15) is 0 Å². The van der Waals surface area contributed by atoms with Crippen molar-refractivity contribution in [1.29, 1.82) is 0 Å². The molecule has 4 heteroatoms. The summed E-state index contributed by atoms with van der Waals surface area (Å²) in [5.74, 6) is 1.73. The first kappa shape index (κ1) is 11.5. The molecule has 96 valence electrons. The molecule has 0 radical (unpaired) electrons. The fourth-order valence-corrected chi connectivity index (χ4v) is 2.87. The van der Waals surface area contributed by atoms with E-state index in [1.54, 1.807) is 0 Å². The first-order valence-corrected chi connectivity index (χ1v) is 6.65. The van der Waals surface area contributed by atoms with Crippen molar-refractivity contribution in [3.8, 4) is 0 Å². The van der Waals surface area contributed by atoms with E-state index in [1.807, 2.05) is 14.1 Å². The van der Waals surface area contributed by atoms with E-state index in [4.69, 9.17) is 4.98 Å². The van der Waals surface area contributed by atoms with E-state index in [-0.39, 0.29) is 0 Å². The number of hydrogen-bond donors (Lipinski definition) is 3. The van der Waals surface area contributed by atoms with Gasteiger partial charge in [0.1, 0.15) is 5.82 Å². The molecule has 0 spiro atoms. The summed E-state index contributed by atoms with van der Waals surface area (Å²) in [5, 5.41) is 6.52. The van der Waals surface area contributed by atoms with Crippen LogP contribution in [0.25, 0.3) is 11.0 Å². The largest absolute Gasteiger partial charge is 0.388 e. The number of fused-ring (bicyclic) bond motifs is 1. The van der Waals surface area contributed by atoms with Crippen molar-refractivity contribution >= 4 is 16.7 Å². The zero-order valence-corrected chi connectivity index (χ0v) is 11.0. The Kier molecular flexibility index (Phi) is 2.96. The van der Waals surface area contributed by atoms with Crippen LogP contribution < -0.4 is 10.6 Å². The lowest BCUT2D eigenvalue weighted by molar-refractivity contribution is 0.567. The van der Waals surface area contributed by atoms with Crippen LogP contribution in [0, 0.1) is 0 Å². The van der Waals surface area contributed by atoms with Crippen LogP contribution in [-0.4, -0.2) is 30.1 Å². The average Bonchev–Trinajstić information content (AvgIpc) is 3.03. The Morgan fingerprint density at radius 1 is 1.28 bits per heavy atom. The maximum atomic E-state index is 4.73. The van der Waals surface area contributed by atoms with Crippen molar-refractivity contribution < 1.29 is 0 Å². The van der Waals surface area contributed by atoms with Crippen molar-refractivity contribution in [2.75, 3.05) is 19.4 Å². The van der Waals surface area contributed by atoms with Gasteiger partial charge in [-0.05, 0) is 44.5 Å². The normalized spacial score (nSPS) is 23.7. The molecule has 2 unspecified atom stereocenters. The summed E-state index contributed by atoms with van der Waals surface area (Å²) >= 11 is 0. The van der Waals surface area contributed by atoms with Crippen molar-refractivity contribution in [2.45, 2.75) is 31.2 Å². The van der Waals surface area contributed by atoms with Gasteiger partial charge in [-0.25, -0.2) is 4.98 Å². The summed E-state index contributed by atoms with van der Waals surface area (Å²) in [7, 11) is 3.98. The molecule has 1 aliphatic rings. The summed E-state index contributed by atoms with van der Waals surface area (Å²) in [6, 6.07) is 6.91. The number of anilines is 1. The molecule has 1 aliphatic carbocycles. The van der Waals surface area contributed by atoms with Crippen LogP contribution in [0.2, 0.25) is 0 Å². The van der Waals surface area contributed by atoms with Crippen molar-refractivity contribution in [1.82, 2.24) is 15.3 Å². The molecule has 1 aromatic heterocycles. The number of nitrogens with zero attached hydrogens (tertiary/aromatic N) is 1. The number of nitrogens with one attached hydrogen (secondary N) is 3. The van der Waals surface area contributed by atoms with E-state index in [0.29, 0.717) is 12.0 Å². The first-order chi connectivity index (χ1) is 8.80. The molecule has 3 rings (SSSR count). The van der Waals surface area contributed by atoms with E-state index in [2.05, 4.69) is 33.8 Å². The molecule has 0 amide bonds. The second-order valence-electron chi connectivity index (χ2n) is 5.10. The molecule has 0 aliphatic heterocycles. The zero-order chi connectivity index (χ0) is 12.5. The molecule has 0 bridgehead atoms. The second kappa shape index (κ2) is 4.61. The highest BCUT2D eigenvalue weighted by Gasteiger charge is 2.26. The molecule has 0 saturated heterocycles. The van der Waals surface area contributed by atoms with Crippen LogP contribution in [-0.2, 0) is 0 Å². The molecule has 18 heavy (non-hydrogen) atoms. The Morgan fingerprint density at radius 3 is 2.89 bits per heavy atom. The van der Waals surface area contributed by atoms with Gasteiger partial charge in [0.05, 0.1) is 11.0 Å². The summed E-state index contributed by atoms with van der Waals surface area (Å²) in [6.07, 6.45) is 3.67. The van der Waals surface area contributed by atoms with E-state index in [0.717, 1.165) is 22.5 Å². The Bertz CT molecular complexity index is 546. The van der Waals surface area contributed by atoms with Crippen LogP contribution in [0.15, 0.2) is 18.2 Å². The molecule has 2 aromatic rings. The lowest BCUT2D eigenvalue weighted by Gasteiger charge is -2.07. The standard InChI is InChI=1S/C14H20N4/c1-15-10-4-3-9(7-10)14-17-12-6-5-11(16-2)8-13(12)18-14/h5-6,8-10,15-16H,3-4,7H2,1-2H3,(H,17,18). The van der Waals surface area contributed by atoms with Gasteiger partial charge in [0.15, 0.2) is 0 Å².